The van der Waals surface area contributed by atoms with Gasteiger partial charge in [-0.25, -0.2) is 0 Å². The Kier molecular flexibility index (Phi) is 8.35. The lowest BCUT2D eigenvalue weighted by Crippen LogP contribution is -2.42. The number of amides is 1. The molecule has 1 rings (SSSR count). The first-order chi connectivity index (χ1) is 8.84. The van der Waals surface area contributed by atoms with Crippen LogP contribution in [0.2, 0.25) is 0 Å². The number of rotatable bonds is 7. The Hall–Kier alpha value is -0.620. The molecule has 0 bridgehead atoms. The van der Waals surface area contributed by atoms with Crippen LogP contribution < -0.4 is 5.73 Å². The number of nitrogens with zero attached hydrogens (tertiary/aromatic N) is 2. The van der Waals surface area contributed by atoms with E-state index in [9.17, 15) is 4.79 Å². The predicted molar refractivity (Wildman–Crippen MR) is 88.4 cm³/mol. The van der Waals surface area contributed by atoms with Crippen LogP contribution in [0.25, 0.3) is 0 Å². The standard InChI is InChI=1S/C14H25N3OS.ClH/c1-14(2,10-15)11-16(3)9-13(18)17(4)8-12-6-5-7-19-12;/h5-7H,8-11,15H2,1-4H3;1H. The van der Waals surface area contributed by atoms with Crippen molar-refractivity contribution in [2.24, 2.45) is 11.1 Å². The number of likely N-dealkylation sites (N-methyl/N-ethyl adjacent to an activating group) is 2. The highest BCUT2D eigenvalue weighted by Crippen LogP contribution is 2.14. The lowest BCUT2D eigenvalue weighted by atomic mass is 9.93. The minimum atomic E-state index is 0. The molecule has 2 N–H and O–H groups in total. The van der Waals surface area contributed by atoms with Gasteiger partial charge in [0.2, 0.25) is 5.91 Å². The van der Waals surface area contributed by atoms with E-state index < -0.39 is 0 Å². The molecule has 1 aromatic rings. The largest absolute Gasteiger partial charge is 0.340 e. The first kappa shape index (κ1) is 19.4. The van der Waals surface area contributed by atoms with Gasteiger partial charge >= 0.3 is 0 Å². The van der Waals surface area contributed by atoms with E-state index in [1.807, 2.05) is 30.4 Å². The molecule has 1 aromatic heterocycles. The first-order valence-electron chi connectivity index (χ1n) is 6.49. The molecule has 116 valence electrons. The van der Waals surface area contributed by atoms with Gasteiger partial charge < -0.3 is 10.6 Å². The van der Waals surface area contributed by atoms with Crippen LogP contribution in [0.3, 0.4) is 0 Å². The Balaban J connectivity index is 0.00000361. The summed E-state index contributed by atoms with van der Waals surface area (Å²) in [4.78, 5) is 17.1. The summed E-state index contributed by atoms with van der Waals surface area (Å²) >= 11 is 1.68. The highest BCUT2D eigenvalue weighted by molar-refractivity contribution is 7.09. The lowest BCUT2D eigenvalue weighted by Gasteiger charge is -2.29. The Labute approximate surface area is 132 Å². The van der Waals surface area contributed by atoms with E-state index in [0.717, 1.165) is 6.54 Å². The second kappa shape index (κ2) is 8.62. The topological polar surface area (TPSA) is 49.6 Å². The molecule has 0 radical (unpaired) electrons. The molecule has 1 heterocycles. The van der Waals surface area contributed by atoms with Gasteiger partial charge in [-0.15, -0.1) is 23.7 Å². The summed E-state index contributed by atoms with van der Waals surface area (Å²) < 4.78 is 0. The van der Waals surface area contributed by atoms with Gasteiger partial charge in [0.05, 0.1) is 13.1 Å². The number of halogens is 1. The summed E-state index contributed by atoms with van der Waals surface area (Å²) in [5.41, 5.74) is 5.76. The predicted octanol–water partition coefficient (Wildman–Crippen LogP) is 2.04. The minimum Gasteiger partial charge on any atom is -0.340 e. The van der Waals surface area contributed by atoms with E-state index in [2.05, 4.69) is 19.9 Å². The van der Waals surface area contributed by atoms with E-state index >= 15 is 0 Å². The third kappa shape index (κ3) is 6.70. The fraction of sp³-hybridized carbons (Fsp3) is 0.643. The number of hydrogen-bond donors (Lipinski definition) is 1. The molecule has 0 spiro atoms. The molecule has 0 saturated carbocycles. The molecule has 0 saturated heterocycles. The minimum absolute atomic E-state index is 0. The van der Waals surface area contributed by atoms with Gasteiger partial charge in [-0.05, 0) is 30.5 Å². The molecule has 4 nitrogen and oxygen atoms in total. The zero-order chi connectivity index (χ0) is 14.5. The summed E-state index contributed by atoms with van der Waals surface area (Å²) in [6.45, 7) is 6.79. The third-order valence-electron chi connectivity index (χ3n) is 3.05. The molecule has 20 heavy (non-hydrogen) atoms. The zero-order valence-corrected chi connectivity index (χ0v) is 14.4. The number of thiophene rings is 1. The summed E-state index contributed by atoms with van der Waals surface area (Å²) in [5, 5.41) is 2.03. The molecule has 0 aromatic carbocycles. The second-order valence-electron chi connectivity index (χ2n) is 5.87. The van der Waals surface area contributed by atoms with Crippen LogP contribution in [0.4, 0.5) is 0 Å². The molecule has 0 unspecified atom stereocenters. The molecule has 1 amide bonds. The number of hydrogen-bond acceptors (Lipinski definition) is 4. The van der Waals surface area contributed by atoms with E-state index in [1.165, 1.54) is 4.88 Å². The van der Waals surface area contributed by atoms with Crippen molar-refractivity contribution in [1.82, 2.24) is 9.80 Å². The maximum atomic E-state index is 12.1. The molecule has 0 aliphatic rings. The van der Waals surface area contributed by atoms with Crippen molar-refractivity contribution in [2.45, 2.75) is 20.4 Å². The quantitative estimate of drug-likeness (QED) is 0.836. The molecule has 0 aliphatic heterocycles. The fourth-order valence-electron chi connectivity index (χ4n) is 1.93. The van der Waals surface area contributed by atoms with Gasteiger partial charge in [0.25, 0.3) is 0 Å². The van der Waals surface area contributed by atoms with Crippen LogP contribution in [0.15, 0.2) is 17.5 Å². The van der Waals surface area contributed by atoms with Crippen LogP contribution in [0.5, 0.6) is 0 Å². The smallest absolute Gasteiger partial charge is 0.236 e. The number of nitrogens with two attached hydrogens (primary N) is 1. The number of carbonyl (C=O) groups excluding carboxylic acids is 1. The summed E-state index contributed by atoms with van der Waals surface area (Å²) in [6, 6.07) is 4.06. The summed E-state index contributed by atoms with van der Waals surface area (Å²) in [6.07, 6.45) is 0. The highest BCUT2D eigenvalue weighted by atomic mass is 35.5. The van der Waals surface area contributed by atoms with Gasteiger partial charge in [-0.3, -0.25) is 9.69 Å². The maximum absolute atomic E-state index is 12.1. The van der Waals surface area contributed by atoms with Gasteiger partial charge in [0.1, 0.15) is 0 Å². The Bertz CT molecular complexity index is 395. The van der Waals surface area contributed by atoms with Crippen LogP contribution in [-0.4, -0.2) is 49.4 Å². The van der Waals surface area contributed by atoms with Gasteiger partial charge in [-0.1, -0.05) is 19.9 Å². The van der Waals surface area contributed by atoms with Crippen LogP contribution >= 0.6 is 23.7 Å². The summed E-state index contributed by atoms with van der Waals surface area (Å²) in [7, 11) is 3.82. The third-order valence-corrected chi connectivity index (χ3v) is 3.92. The number of carbonyl (C=O) groups is 1. The van der Waals surface area contributed by atoms with Crippen molar-refractivity contribution >= 4 is 29.7 Å². The molecule has 0 fully saturated rings. The highest BCUT2D eigenvalue weighted by Gasteiger charge is 2.20. The van der Waals surface area contributed by atoms with Gasteiger partial charge in [0, 0.05) is 18.5 Å². The van der Waals surface area contributed by atoms with Crippen molar-refractivity contribution < 1.29 is 4.79 Å². The van der Waals surface area contributed by atoms with Crippen molar-refractivity contribution in [3.8, 4) is 0 Å². The van der Waals surface area contributed by atoms with Crippen LogP contribution in [0, 0.1) is 5.41 Å². The van der Waals surface area contributed by atoms with E-state index in [1.54, 1.807) is 16.2 Å². The maximum Gasteiger partial charge on any atom is 0.236 e. The van der Waals surface area contributed by atoms with E-state index in [0.29, 0.717) is 19.6 Å². The zero-order valence-electron chi connectivity index (χ0n) is 12.8. The lowest BCUT2D eigenvalue weighted by molar-refractivity contribution is -0.131. The van der Waals surface area contributed by atoms with Gasteiger partial charge in [-0.2, -0.15) is 0 Å². The van der Waals surface area contributed by atoms with E-state index in [4.69, 9.17) is 5.73 Å². The average Bonchev–Trinajstić information content (AvgIpc) is 2.80. The second-order valence-corrected chi connectivity index (χ2v) is 6.90. The molecule has 0 aliphatic carbocycles. The Morgan fingerprint density at radius 2 is 2.05 bits per heavy atom. The normalized spacial score (nSPS) is 11.3. The molecular formula is C14H26ClN3OS. The molecule has 0 atom stereocenters. The summed E-state index contributed by atoms with van der Waals surface area (Å²) in [5.74, 6) is 0.142. The van der Waals surface area contributed by atoms with Crippen molar-refractivity contribution in [3.05, 3.63) is 22.4 Å². The molecular weight excluding hydrogens is 294 g/mol. The monoisotopic (exact) mass is 319 g/mol. The van der Waals surface area contributed by atoms with E-state index in [-0.39, 0.29) is 23.7 Å². The first-order valence-corrected chi connectivity index (χ1v) is 7.37. The average molecular weight is 320 g/mol. The Morgan fingerprint density at radius 3 is 2.55 bits per heavy atom. The molecule has 6 heteroatoms. The fourth-order valence-corrected chi connectivity index (χ4v) is 2.68. The van der Waals surface area contributed by atoms with Crippen molar-refractivity contribution in [1.29, 1.82) is 0 Å². The van der Waals surface area contributed by atoms with Crippen LogP contribution in [0.1, 0.15) is 18.7 Å². The Morgan fingerprint density at radius 1 is 1.40 bits per heavy atom. The van der Waals surface area contributed by atoms with Crippen molar-refractivity contribution in [3.63, 3.8) is 0 Å². The van der Waals surface area contributed by atoms with Crippen molar-refractivity contribution in [2.75, 3.05) is 33.7 Å². The van der Waals surface area contributed by atoms with Gasteiger partial charge in [0.15, 0.2) is 0 Å². The van der Waals surface area contributed by atoms with Crippen LogP contribution in [-0.2, 0) is 11.3 Å². The SMILES string of the molecule is CN(CC(=O)N(C)Cc1cccs1)CC(C)(C)CN.Cl.